The Kier molecular flexibility index (Phi) is 5.96. The number of para-hydroxylation sites is 2. The van der Waals surface area contributed by atoms with Crippen molar-refractivity contribution in [2.45, 2.75) is 25.9 Å². The number of fused-ring (bicyclic) bond motifs is 1. The summed E-state index contributed by atoms with van der Waals surface area (Å²) >= 11 is 0. The summed E-state index contributed by atoms with van der Waals surface area (Å²) in [6.07, 6.45) is 0.217. The van der Waals surface area contributed by atoms with Gasteiger partial charge in [-0.3, -0.25) is 9.59 Å². The van der Waals surface area contributed by atoms with Crippen LogP contribution in [0, 0.1) is 6.92 Å². The predicted molar refractivity (Wildman–Crippen MR) is 103 cm³/mol. The van der Waals surface area contributed by atoms with Crippen LogP contribution in [0.2, 0.25) is 0 Å². The van der Waals surface area contributed by atoms with Crippen molar-refractivity contribution in [2.24, 2.45) is 0 Å². The number of carbonyl (C=O) groups is 2. The minimum absolute atomic E-state index is 0.0486. The first-order chi connectivity index (χ1) is 13.1. The summed E-state index contributed by atoms with van der Waals surface area (Å²) in [4.78, 5) is 26.4. The summed E-state index contributed by atoms with van der Waals surface area (Å²) in [5.41, 5.74) is 1.83. The van der Waals surface area contributed by atoms with Crippen molar-refractivity contribution in [3.8, 4) is 11.5 Å². The molecule has 0 aromatic heterocycles. The highest BCUT2D eigenvalue weighted by molar-refractivity contribution is 5.97. The van der Waals surface area contributed by atoms with Crippen LogP contribution in [-0.2, 0) is 9.59 Å². The first-order valence-electron chi connectivity index (χ1n) is 9.05. The van der Waals surface area contributed by atoms with Crippen LogP contribution in [0.4, 0.5) is 5.69 Å². The van der Waals surface area contributed by atoms with Gasteiger partial charge >= 0.3 is 0 Å². The van der Waals surface area contributed by atoms with Crippen molar-refractivity contribution in [3.05, 3.63) is 54.1 Å². The van der Waals surface area contributed by atoms with Crippen LogP contribution < -0.4 is 19.7 Å². The third-order valence-corrected chi connectivity index (χ3v) is 4.41. The van der Waals surface area contributed by atoms with Crippen LogP contribution in [0.15, 0.2) is 48.5 Å². The molecule has 0 radical (unpaired) electrons. The molecular formula is C21H24N2O4. The molecule has 0 spiro atoms. The molecular weight excluding hydrogens is 344 g/mol. The van der Waals surface area contributed by atoms with Crippen LogP contribution in [0.5, 0.6) is 11.5 Å². The van der Waals surface area contributed by atoms with Crippen LogP contribution in [0.25, 0.3) is 0 Å². The zero-order chi connectivity index (χ0) is 19.2. The summed E-state index contributed by atoms with van der Waals surface area (Å²) in [6, 6.07) is 15.1. The topological polar surface area (TPSA) is 67.9 Å². The molecule has 0 bridgehead atoms. The Morgan fingerprint density at radius 3 is 2.81 bits per heavy atom. The summed E-state index contributed by atoms with van der Waals surface area (Å²) < 4.78 is 11.4. The van der Waals surface area contributed by atoms with E-state index >= 15 is 0 Å². The van der Waals surface area contributed by atoms with Gasteiger partial charge in [0.15, 0.2) is 6.10 Å². The number of benzene rings is 2. The van der Waals surface area contributed by atoms with Crippen LogP contribution >= 0.6 is 0 Å². The zero-order valence-electron chi connectivity index (χ0n) is 15.6. The Balaban J connectivity index is 1.60. The van der Waals surface area contributed by atoms with E-state index in [1.807, 2.05) is 49.4 Å². The molecule has 1 atom stereocenters. The maximum atomic E-state index is 12.8. The Morgan fingerprint density at radius 2 is 2.04 bits per heavy atom. The Hall–Kier alpha value is -3.02. The van der Waals surface area contributed by atoms with Crippen molar-refractivity contribution < 1.29 is 19.1 Å². The van der Waals surface area contributed by atoms with Crippen LogP contribution in [-0.4, -0.2) is 38.1 Å². The van der Waals surface area contributed by atoms with Gasteiger partial charge in [-0.1, -0.05) is 24.3 Å². The third-order valence-electron chi connectivity index (χ3n) is 4.41. The fraction of sp³-hybridized carbons (Fsp3) is 0.333. The van der Waals surface area contributed by atoms with Crippen LogP contribution in [0.3, 0.4) is 0 Å². The lowest BCUT2D eigenvalue weighted by Gasteiger charge is -2.34. The molecule has 6 nitrogen and oxygen atoms in total. The number of anilines is 1. The molecule has 2 aromatic rings. The van der Waals surface area contributed by atoms with Crippen molar-refractivity contribution in [1.29, 1.82) is 0 Å². The molecule has 1 aliphatic rings. The Morgan fingerprint density at radius 1 is 1.22 bits per heavy atom. The largest absolute Gasteiger partial charge is 0.494 e. The number of nitrogens with zero attached hydrogens (tertiary/aromatic N) is 1. The molecule has 0 saturated heterocycles. The maximum Gasteiger partial charge on any atom is 0.262 e. The lowest BCUT2D eigenvalue weighted by molar-refractivity contribution is -0.128. The van der Waals surface area contributed by atoms with E-state index in [1.165, 1.54) is 0 Å². The number of rotatable bonds is 6. The molecule has 0 saturated carbocycles. The van der Waals surface area contributed by atoms with Crippen LogP contribution in [0.1, 0.15) is 18.4 Å². The number of nitrogens with one attached hydrogen (secondary N) is 1. The lowest BCUT2D eigenvalue weighted by Crippen LogP contribution is -2.50. The number of amides is 2. The van der Waals surface area contributed by atoms with E-state index in [-0.39, 0.29) is 18.4 Å². The highest BCUT2D eigenvalue weighted by Crippen LogP contribution is 2.33. The molecule has 1 unspecified atom stereocenters. The first-order valence-corrected chi connectivity index (χ1v) is 9.05. The highest BCUT2D eigenvalue weighted by Gasteiger charge is 2.32. The second-order valence-corrected chi connectivity index (χ2v) is 6.46. The fourth-order valence-corrected chi connectivity index (χ4v) is 3.02. The van der Waals surface area contributed by atoms with E-state index in [4.69, 9.17) is 9.47 Å². The van der Waals surface area contributed by atoms with Gasteiger partial charge in [0.2, 0.25) is 5.91 Å². The molecule has 6 heteroatoms. The number of ether oxygens (including phenoxy) is 2. The van der Waals surface area contributed by atoms with Gasteiger partial charge < -0.3 is 19.7 Å². The SMILES string of the molecule is CNC(=O)C1CN(C(=O)CCCOc2cccc(C)c2)c2ccccc2O1. The molecule has 27 heavy (non-hydrogen) atoms. The van der Waals surface area contributed by atoms with Gasteiger partial charge in [0.05, 0.1) is 18.8 Å². The third kappa shape index (κ3) is 4.58. The first kappa shape index (κ1) is 18.8. The van der Waals surface area contributed by atoms with Crippen molar-refractivity contribution in [2.75, 3.05) is 25.1 Å². The normalized spacial score (nSPS) is 15.5. The molecule has 3 rings (SSSR count). The van der Waals surface area contributed by atoms with Crippen molar-refractivity contribution >= 4 is 17.5 Å². The van der Waals surface area contributed by atoms with Gasteiger partial charge in [0.1, 0.15) is 11.5 Å². The van der Waals surface area contributed by atoms with E-state index in [1.54, 1.807) is 18.0 Å². The Labute approximate surface area is 159 Å². The quantitative estimate of drug-likeness (QED) is 0.796. The molecule has 1 N–H and O–H groups in total. The highest BCUT2D eigenvalue weighted by atomic mass is 16.5. The molecule has 142 valence electrons. The van der Waals surface area contributed by atoms with Gasteiger partial charge in [-0.2, -0.15) is 0 Å². The van der Waals surface area contributed by atoms with E-state index in [0.717, 1.165) is 11.3 Å². The van der Waals surface area contributed by atoms with E-state index < -0.39 is 6.10 Å². The maximum absolute atomic E-state index is 12.8. The number of hydrogen-bond donors (Lipinski definition) is 1. The van der Waals surface area contributed by atoms with Gasteiger partial charge in [0.25, 0.3) is 5.91 Å². The molecule has 2 aromatic carbocycles. The summed E-state index contributed by atoms with van der Waals surface area (Å²) in [5, 5.41) is 2.58. The average Bonchev–Trinajstić information content (AvgIpc) is 2.69. The van der Waals surface area contributed by atoms with Gasteiger partial charge in [-0.15, -0.1) is 0 Å². The van der Waals surface area contributed by atoms with Crippen molar-refractivity contribution in [1.82, 2.24) is 5.32 Å². The summed E-state index contributed by atoms with van der Waals surface area (Å²) in [5.74, 6) is 1.05. The number of likely N-dealkylation sites (N-methyl/N-ethyl adjacent to an activating group) is 1. The van der Waals surface area contributed by atoms with E-state index in [0.29, 0.717) is 30.9 Å². The molecule has 1 heterocycles. The van der Waals surface area contributed by atoms with Gasteiger partial charge in [-0.25, -0.2) is 0 Å². The van der Waals surface area contributed by atoms with Crippen molar-refractivity contribution in [3.63, 3.8) is 0 Å². The summed E-state index contributed by atoms with van der Waals surface area (Å²) in [7, 11) is 1.56. The minimum Gasteiger partial charge on any atom is -0.494 e. The van der Waals surface area contributed by atoms with E-state index in [9.17, 15) is 9.59 Å². The Bertz CT molecular complexity index is 821. The fourth-order valence-electron chi connectivity index (χ4n) is 3.02. The smallest absolute Gasteiger partial charge is 0.262 e. The molecule has 1 aliphatic heterocycles. The van der Waals surface area contributed by atoms with Gasteiger partial charge in [-0.05, 0) is 43.2 Å². The number of aryl methyl sites for hydroxylation is 1. The second-order valence-electron chi connectivity index (χ2n) is 6.46. The number of carbonyl (C=O) groups excluding carboxylic acids is 2. The average molecular weight is 368 g/mol. The monoisotopic (exact) mass is 368 g/mol. The zero-order valence-corrected chi connectivity index (χ0v) is 15.6. The molecule has 0 fully saturated rings. The standard InChI is InChI=1S/C21H24N2O4/c1-15-7-5-8-16(13-15)26-12-6-11-20(24)23-14-19(21(25)22-2)27-18-10-4-3-9-17(18)23/h3-5,7-10,13,19H,6,11-12,14H2,1-2H3,(H,22,25). The second kappa shape index (κ2) is 8.58. The van der Waals surface area contributed by atoms with Gasteiger partial charge in [0, 0.05) is 13.5 Å². The predicted octanol–water partition coefficient (Wildman–Crippen LogP) is 2.69. The lowest BCUT2D eigenvalue weighted by atomic mass is 10.1. The number of hydrogen-bond acceptors (Lipinski definition) is 4. The summed E-state index contributed by atoms with van der Waals surface area (Å²) in [6.45, 7) is 2.67. The molecule has 0 aliphatic carbocycles. The molecule has 2 amide bonds. The van der Waals surface area contributed by atoms with E-state index in [2.05, 4.69) is 5.32 Å². The minimum atomic E-state index is -0.711.